The standard InChI is InChI=1S/C19H21N5O4S/c1-28-16-8-4-14(5-9-16)18-22-23(19(25)24(18)15-6-7-15)12-11-21-29(26,27)17-3-2-10-20-13-17/h2-5,8-10,13,15,21H,6-7,11-12H2,1H3. The van der Waals surface area contributed by atoms with Crippen LogP contribution in [-0.2, 0) is 16.6 Å². The first kappa shape index (κ1) is 19.3. The van der Waals surface area contributed by atoms with Crippen LogP contribution >= 0.6 is 0 Å². The molecule has 0 saturated heterocycles. The van der Waals surface area contributed by atoms with Crippen LogP contribution in [0.2, 0.25) is 0 Å². The Balaban J connectivity index is 1.54. The minimum Gasteiger partial charge on any atom is -0.497 e. The van der Waals surface area contributed by atoms with Crippen LogP contribution in [0.5, 0.6) is 5.75 Å². The summed E-state index contributed by atoms with van der Waals surface area (Å²) in [5.41, 5.74) is 0.573. The summed E-state index contributed by atoms with van der Waals surface area (Å²) in [6.07, 6.45) is 4.65. The van der Waals surface area contributed by atoms with Gasteiger partial charge in [0.25, 0.3) is 0 Å². The van der Waals surface area contributed by atoms with Gasteiger partial charge in [-0.15, -0.1) is 5.10 Å². The van der Waals surface area contributed by atoms with Crippen LogP contribution in [0.3, 0.4) is 0 Å². The van der Waals surface area contributed by atoms with E-state index >= 15 is 0 Å². The number of nitrogens with one attached hydrogen (secondary N) is 1. The number of benzene rings is 1. The van der Waals surface area contributed by atoms with Crippen molar-refractivity contribution in [1.29, 1.82) is 0 Å². The summed E-state index contributed by atoms with van der Waals surface area (Å²) < 4.78 is 35.3. The van der Waals surface area contributed by atoms with Crippen LogP contribution in [0, 0.1) is 0 Å². The van der Waals surface area contributed by atoms with Crippen molar-refractivity contribution in [2.45, 2.75) is 30.3 Å². The highest BCUT2D eigenvalue weighted by molar-refractivity contribution is 7.89. The third-order valence-corrected chi connectivity index (χ3v) is 6.14. The van der Waals surface area contributed by atoms with E-state index < -0.39 is 10.0 Å². The molecule has 2 heterocycles. The van der Waals surface area contributed by atoms with Crippen LogP contribution in [0.1, 0.15) is 18.9 Å². The molecule has 2 aromatic heterocycles. The zero-order valence-electron chi connectivity index (χ0n) is 15.9. The lowest BCUT2D eigenvalue weighted by atomic mass is 10.2. The van der Waals surface area contributed by atoms with Gasteiger partial charge in [-0.25, -0.2) is 22.6 Å². The van der Waals surface area contributed by atoms with Crippen LogP contribution < -0.4 is 15.1 Å². The number of aromatic nitrogens is 4. The third-order valence-electron chi connectivity index (χ3n) is 4.69. The predicted octanol–water partition coefficient (Wildman–Crippen LogP) is 1.43. The second kappa shape index (κ2) is 7.80. The number of rotatable bonds is 8. The number of pyridine rings is 1. The van der Waals surface area contributed by atoms with Crippen molar-refractivity contribution in [3.63, 3.8) is 0 Å². The maximum absolute atomic E-state index is 12.8. The Kier molecular flexibility index (Phi) is 5.20. The maximum atomic E-state index is 12.8. The fourth-order valence-electron chi connectivity index (χ4n) is 3.04. The summed E-state index contributed by atoms with van der Waals surface area (Å²) in [4.78, 5) is 16.7. The first-order chi connectivity index (χ1) is 14.0. The van der Waals surface area contributed by atoms with Gasteiger partial charge in [-0.2, -0.15) is 0 Å². The van der Waals surface area contributed by atoms with Crippen molar-refractivity contribution in [2.75, 3.05) is 13.7 Å². The number of hydrogen-bond acceptors (Lipinski definition) is 6. The molecular formula is C19H21N5O4S. The second-order valence-corrected chi connectivity index (χ2v) is 8.51. The zero-order chi connectivity index (χ0) is 20.4. The van der Waals surface area contributed by atoms with E-state index in [0.29, 0.717) is 5.82 Å². The van der Waals surface area contributed by atoms with Gasteiger partial charge in [-0.1, -0.05) is 0 Å². The number of nitrogens with zero attached hydrogens (tertiary/aromatic N) is 4. The molecule has 0 spiro atoms. The third kappa shape index (κ3) is 4.08. The molecule has 10 heteroatoms. The lowest BCUT2D eigenvalue weighted by Crippen LogP contribution is -2.32. The fourth-order valence-corrected chi connectivity index (χ4v) is 4.02. The molecular weight excluding hydrogens is 394 g/mol. The zero-order valence-corrected chi connectivity index (χ0v) is 16.7. The van der Waals surface area contributed by atoms with Gasteiger partial charge < -0.3 is 4.74 Å². The Morgan fingerprint density at radius 1 is 1.21 bits per heavy atom. The largest absolute Gasteiger partial charge is 0.497 e. The van der Waals surface area contributed by atoms with E-state index in [0.717, 1.165) is 24.2 Å². The van der Waals surface area contributed by atoms with E-state index in [1.54, 1.807) is 17.7 Å². The van der Waals surface area contributed by atoms with Gasteiger partial charge in [-0.05, 0) is 49.2 Å². The van der Waals surface area contributed by atoms with Crippen LogP contribution in [0.15, 0.2) is 58.5 Å². The molecule has 4 rings (SSSR count). The summed E-state index contributed by atoms with van der Waals surface area (Å²) in [7, 11) is -2.09. The van der Waals surface area contributed by atoms with Gasteiger partial charge in [0.1, 0.15) is 10.6 Å². The van der Waals surface area contributed by atoms with Crippen molar-refractivity contribution in [3.05, 3.63) is 59.3 Å². The summed E-state index contributed by atoms with van der Waals surface area (Å²) in [6, 6.07) is 10.5. The summed E-state index contributed by atoms with van der Waals surface area (Å²) in [5.74, 6) is 1.30. The molecule has 152 valence electrons. The van der Waals surface area contributed by atoms with E-state index in [-0.39, 0.29) is 29.7 Å². The van der Waals surface area contributed by atoms with Gasteiger partial charge >= 0.3 is 5.69 Å². The van der Waals surface area contributed by atoms with Crippen molar-refractivity contribution in [1.82, 2.24) is 24.1 Å². The molecule has 1 aromatic carbocycles. The molecule has 1 aliphatic rings. The monoisotopic (exact) mass is 415 g/mol. The average Bonchev–Trinajstić information content (AvgIpc) is 3.53. The lowest BCUT2D eigenvalue weighted by Gasteiger charge is -2.05. The Bertz CT molecular complexity index is 1150. The fraction of sp³-hybridized carbons (Fsp3) is 0.316. The summed E-state index contributed by atoms with van der Waals surface area (Å²) in [6.45, 7) is 0.169. The lowest BCUT2D eigenvalue weighted by molar-refractivity contribution is 0.415. The Morgan fingerprint density at radius 3 is 2.59 bits per heavy atom. The molecule has 3 aromatic rings. The minimum absolute atomic E-state index is 0.0425. The molecule has 0 unspecified atom stereocenters. The Hall–Kier alpha value is -2.98. The summed E-state index contributed by atoms with van der Waals surface area (Å²) >= 11 is 0. The SMILES string of the molecule is COc1ccc(-c2nn(CCNS(=O)(=O)c3cccnc3)c(=O)n2C2CC2)cc1. The molecule has 1 saturated carbocycles. The van der Waals surface area contributed by atoms with Gasteiger partial charge in [0.05, 0.1) is 13.7 Å². The van der Waals surface area contributed by atoms with Crippen molar-refractivity contribution in [2.24, 2.45) is 0 Å². The summed E-state index contributed by atoms with van der Waals surface area (Å²) in [5, 5.41) is 4.47. The van der Waals surface area contributed by atoms with Gasteiger partial charge in [0.15, 0.2) is 5.82 Å². The van der Waals surface area contributed by atoms with E-state index in [2.05, 4.69) is 14.8 Å². The van der Waals surface area contributed by atoms with Gasteiger partial charge in [0.2, 0.25) is 10.0 Å². The van der Waals surface area contributed by atoms with Gasteiger partial charge in [0, 0.05) is 30.5 Å². The van der Waals surface area contributed by atoms with Crippen LogP contribution in [0.4, 0.5) is 0 Å². The molecule has 29 heavy (non-hydrogen) atoms. The topological polar surface area (TPSA) is 108 Å². The molecule has 0 amide bonds. The molecule has 0 bridgehead atoms. The number of hydrogen-bond donors (Lipinski definition) is 1. The quantitative estimate of drug-likeness (QED) is 0.596. The van der Waals surface area contributed by atoms with E-state index in [4.69, 9.17) is 4.74 Å². The minimum atomic E-state index is -3.69. The highest BCUT2D eigenvalue weighted by Crippen LogP contribution is 2.36. The molecule has 1 N–H and O–H groups in total. The van der Waals surface area contributed by atoms with Crippen LogP contribution in [-0.4, -0.2) is 41.4 Å². The average molecular weight is 415 g/mol. The molecule has 9 nitrogen and oxygen atoms in total. The molecule has 1 fully saturated rings. The number of ether oxygens (including phenoxy) is 1. The maximum Gasteiger partial charge on any atom is 0.346 e. The Labute approximate surface area is 168 Å². The van der Waals surface area contributed by atoms with E-state index in [1.807, 2.05) is 24.3 Å². The first-order valence-corrected chi connectivity index (χ1v) is 10.7. The second-order valence-electron chi connectivity index (χ2n) is 6.75. The number of sulfonamides is 1. The van der Waals surface area contributed by atoms with Gasteiger partial charge in [-0.3, -0.25) is 9.55 Å². The number of methoxy groups -OCH3 is 1. The Morgan fingerprint density at radius 2 is 1.97 bits per heavy atom. The van der Waals surface area contributed by atoms with E-state index in [1.165, 1.54) is 23.1 Å². The molecule has 0 aliphatic heterocycles. The molecule has 0 radical (unpaired) electrons. The highest BCUT2D eigenvalue weighted by Gasteiger charge is 2.30. The highest BCUT2D eigenvalue weighted by atomic mass is 32.2. The van der Waals surface area contributed by atoms with Crippen molar-refractivity contribution < 1.29 is 13.2 Å². The van der Waals surface area contributed by atoms with E-state index in [9.17, 15) is 13.2 Å². The van der Waals surface area contributed by atoms with Crippen molar-refractivity contribution in [3.8, 4) is 17.1 Å². The molecule has 1 aliphatic carbocycles. The first-order valence-electron chi connectivity index (χ1n) is 9.23. The van der Waals surface area contributed by atoms with Crippen molar-refractivity contribution >= 4 is 10.0 Å². The van der Waals surface area contributed by atoms with Crippen LogP contribution in [0.25, 0.3) is 11.4 Å². The smallest absolute Gasteiger partial charge is 0.346 e. The normalized spacial score (nSPS) is 14.1. The molecule has 0 atom stereocenters. The predicted molar refractivity (Wildman–Crippen MR) is 106 cm³/mol.